The Morgan fingerprint density at radius 3 is 2.26 bits per heavy atom. The zero-order chi connectivity index (χ0) is 27.5. The maximum absolute atomic E-state index is 14.1. The summed E-state index contributed by atoms with van der Waals surface area (Å²) in [7, 11) is 0. The molecule has 5 heteroatoms. The third-order valence-corrected chi connectivity index (χ3v) is 7.51. The number of aromatic nitrogens is 2. The molecule has 0 saturated carbocycles. The summed E-state index contributed by atoms with van der Waals surface area (Å²) in [5.74, 6) is 0.461. The van der Waals surface area contributed by atoms with Crippen molar-refractivity contribution in [1.82, 2.24) is 14.5 Å². The number of hydrogen-bond acceptors (Lipinski definition) is 3. The van der Waals surface area contributed by atoms with Crippen LogP contribution < -0.4 is 5.56 Å². The van der Waals surface area contributed by atoms with E-state index < -0.39 is 6.04 Å². The first-order valence-corrected chi connectivity index (χ1v) is 13.3. The molecule has 0 spiro atoms. The number of benzene rings is 4. The number of rotatable bonds is 7. The fraction of sp³-hybridized carbons (Fsp3) is 0.206. The van der Waals surface area contributed by atoms with Gasteiger partial charge in [-0.05, 0) is 86.7 Å². The molecule has 4 aromatic carbocycles. The van der Waals surface area contributed by atoms with Crippen molar-refractivity contribution in [1.29, 1.82) is 0 Å². The average molecular weight is 516 g/mol. The lowest BCUT2D eigenvalue weighted by Crippen LogP contribution is -2.39. The van der Waals surface area contributed by atoms with Crippen LogP contribution in [0.3, 0.4) is 0 Å². The molecule has 5 nitrogen and oxygen atoms in total. The van der Waals surface area contributed by atoms with Crippen LogP contribution in [-0.4, -0.2) is 26.9 Å². The first kappa shape index (κ1) is 26.1. The summed E-state index contributed by atoms with van der Waals surface area (Å²) in [6, 6.07) is 30.7. The van der Waals surface area contributed by atoms with Crippen LogP contribution >= 0.6 is 0 Å². The van der Waals surface area contributed by atoms with Gasteiger partial charge in [0.2, 0.25) is 0 Å². The van der Waals surface area contributed by atoms with Gasteiger partial charge in [0.1, 0.15) is 5.82 Å². The summed E-state index contributed by atoms with van der Waals surface area (Å²) < 4.78 is 1.68. The third kappa shape index (κ3) is 5.26. The summed E-state index contributed by atoms with van der Waals surface area (Å²) in [6.07, 6.45) is 0.685. The lowest BCUT2D eigenvalue weighted by molar-refractivity contribution is 0.0683. The SMILES string of the molecule is Cc1ccc(-n2c(C(C)N(CCc3ccccc3)C(=O)c3ccccc3C)nc3ccccc3c2=O)cc1C. The maximum Gasteiger partial charge on any atom is 0.266 e. The average Bonchev–Trinajstić information content (AvgIpc) is 2.95. The molecule has 1 unspecified atom stereocenters. The van der Waals surface area contributed by atoms with Gasteiger partial charge in [-0.2, -0.15) is 0 Å². The van der Waals surface area contributed by atoms with E-state index in [1.165, 1.54) is 0 Å². The molecule has 0 aliphatic rings. The van der Waals surface area contributed by atoms with E-state index in [-0.39, 0.29) is 11.5 Å². The van der Waals surface area contributed by atoms with E-state index in [9.17, 15) is 9.59 Å². The molecule has 39 heavy (non-hydrogen) atoms. The Kier molecular flexibility index (Phi) is 7.42. The van der Waals surface area contributed by atoms with Crippen LogP contribution in [-0.2, 0) is 6.42 Å². The molecule has 1 aromatic heterocycles. The Hall–Kier alpha value is -4.51. The smallest absolute Gasteiger partial charge is 0.266 e. The molecule has 1 heterocycles. The molecule has 0 radical (unpaired) electrons. The summed E-state index contributed by atoms with van der Waals surface area (Å²) in [5.41, 5.74) is 6.17. The fourth-order valence-corrected chi connectivity index (χ4v) is 5.02. The predicted octanol–water partition coefficient (Wildman–Crippen LogP) is 6.76. The van der Waals surface area contributed by atoms with Gasteiger partial charge >= 0.3 is 0 Å². The van der Waals surface area contributed by atoms with Crippen LogP contribution in [0.15, 0.2) is 102 Å². The van der Waals surface area contributed by atoms with E-state index in [1.807, 2.05) is 111 Å². The van der Waals surface area contributed by atoms with E-state index in [0.717, 1.165) is 27.9 Å². The van der Waals surface area contributed by atoms with E-state index in [1.54, 1.807) is 4.57 Å². The Morgan fingerprint density at radius 2 is 1.51 bits per heavy atom. The van der Waals surface area contributed by atoms with Crippen molar-refractivity contribution in [2.45, 2.75) is 40.2 Å². The van der Waals surface area contributed by atoms with Gasteiger partial charge in [-0.25, -0.2) is 4.98 Å². The number of para-hydroxylation sites is 1. The van der Waals surface area contributed by atoms with E-state index >= 15 is 0 Å². The van der Waals surface area contributed by atoms with Crippen molar-refractivity contribution in [2.24, 2.45) is 0 Å². The minimum atomic E-state index is -0.472. The van der Waals surface area contributed by atoms with E-state index in [0.29, 0.717) is 35.3 Å². The second kappa shape index (κ2) is 11.1. The van der Waals surface area contributed by atoms with Crippen molar-refractivity contribution in [2.75, 3.05) is 6.54 Å². The molecule has 1 amide bonds. The standard InChI is InChI=1S/C34H33N3O2/c1-23-18-19-28(22-25(23)3)37-32(35-31-17-11-10-16-30(31)34(37)39)26(4)36(21-20-27-13-6-5-7-14-27)33(38)29-15-9-8-12-24(29)2/h5-19,22,26H,20-21H2,1-4H3. The molecule has 5 aromatic rings. The van der Waals surface area contributed by atoms with Gasteiger partial charge in [-0.15, -0.1) is 0 Å². The van der Waals surface area contributed by atoms with Gasteiger partial charge in [-0.1, -0.05) is 66.7 Å². The number of carbonyl (C=O) groups is 1. The molecule has 0 saturated heterocycles. The topological polar surface area (TPSA) is 55.2 Å². The molecule has 0 fully saturated rings. The molecule has 0 aliphatic heterocycles. The van der Waals surface area contributed by atoms with Gasteiger partial charge in [0, 0.05) is 12.1 Å². The lowest BCUT2D eigenvalue weighted by Gasteiger charge is -2.31. The molecule has 1 atom stereocenters. The minimum absolute atomic E-state index is 0.0782. The Morgan fingerprint density at radius 1 is 0.821 bits per heavy atom. The fourth-order valence-electron chi connectivity index (χ4n) is 5.02. The zero-order valence-corrected chi connectivity index (χ0v) is 22.9. The molecule has 5 rings (SSSR count). The molecular weight excluding hydrogens is 482 g/mol. The quantitative estimate of drug-likeness (QED) is 0.241. The highest BCUT2D eigenvalue weighted by molar-refractivity contribution is 5.96. The first-order valence-electron chi connectivity index (χ1n) is 13.3. The molecule has 0 aliphatic carbocycles. The van der Waals surface area contributed by atoms with Crippen LogP contribution in [0.25, 0.3) is 16.6 Å². The monoisotopic (exact) mass is 515 g/mol. The largest absolute Gasteiger partial charge is 0.328 e. The van der Waals surface area contributed by atoms with Crippen LogP contribution in [0.5, 0.6) is 0 Å². The van der Waals surface area contributed by atoms with Crippen molar-refractivity contribution in [3.8, 4) is 5.69 Å². The summed E-state index contributed by atoms with van der Waals surface area (Å²) in [6.45, 7) is 8.49. The predicted molar refractivity (Wildman–Crippen MR) is 158 cm³/mol. The van der Waals surface area contributed by atoms with Gasteiger partial charge < -0.3 is 4.90 Å². The second-order valence-corrected chi connectivity index (χ2v) is 10.1. The lowest BCUT2D eigenvalue weighted by atomic mass is 10.0. The van der Waals surface area contributed by atoms with Gasteiger partial charge in [0.05, 0.1) is 22.6 Å². The second-order valence-electron chi connectivity index (χ2n) is 10.1. The summed E-state index contributed by atoms with van der Waals surface area (Å²) in [5, 5.41) is 0.549. The van der Waals surface area contributed by atoms with E-state index in [2.05, 4.69) is 19.1 Å². The minimum Gasteiger partial charge on any atom is -0.328 e. The van der Waals surface area contributed by atoms with Crippen LogP contribution in [0.2, 0.25) is 0 Å². The van der Waals surface area contributed by atoms with Gasteiger partial charge in [0.25, 0.3) is 11.5 Å². The number of aryl methyl sites for hydroxylation is 3. The highest BCUT2D eigenvalue weighted by Crippen LogP contribution is 2.26. The summed E-state index contributed by atoms with van der Waals surface area (Å²) in [4.78, 5) is 34.9. The van der Waals surface area contributed by atoms with Gasteiger partial charge in [0.15, 0.2) is 0 Å². The number of amides is 1. The van der Waals surface area contributed by atoms with Crippen molar-refractivity contribution in [3.63, 3.8) is 0 Å². The van der Waals surface area contributed by atoms with E-state index in [4.69, 9.17) is 4.98 Å². The number of carbonyl (C=O) groups excluding carboxylic acids is 1. The van der Waals surface area contributed by atoms with Crippen molar-refractivity contribution in [3.05, 3.63) is 141 Å². The Balaban J connectivity index is 1.68. The van der Waals surface area contributed by atoms with Crippen LogP contribution in [0.1, 0.15) is 51.4 Å². The molecule has 0 N–H and O–H groups in total. The third-order valence-electron chi connectivity index (χ3n) is 7.51. The van der Waals surface area contributed by atoms with Crippen LogP contribution in [0.4, 0.5) is 0 Å². The number of hydrogen-bond donors (Lipinski definition) is 0. The van der Waals surface area contributed by atoms with Crippen LogP contribution in [0, 0.1) is 20.8 Å². The normalized spacial score (nSPS) is 11.9. The highest BCUT2D eigenvalue weighted by Gasteiger charge is 2.28. The summed E-state index contributed by atoms with van der Waals surface area (Å²) >= 11 is 0. The maximum atomic E-state index is 14.1. The van der Waals surface area contributed by atoms with Crippen molar-refractivity contribution >= 4 is 16.8 Å². The zero-order valence-electron chi connectivity index (χ0n) is 22.9. The number of nitrogens with zero attached hydrogens (tertiary/aromatic N) is 3. The Bertz CT molecular complexity index is 1710. The first-order chi connectivity index (χ1) is 18.8. The molecule has 0 bridgehead atoms. The van der Waals surface area contributed by atoms with Gasteiger partial charge in [-0.3, -0.25) is 14.2 Å². The Labute approximate surface area is 229 Å². The highest BCUT2D eigenvalue weighted by atomic mass is 16.2. The van der Waals surface area contributed by atoms with Crippen molar-refractivity contribution < 1.29 is 4.79 Å². The molecular formula is C34H33N3O2. The number of fused-ring (bicyclic) bond motifs is 1. The molecule has 196 valence electrons.